The number of ketones is 1. The summed E-state index contributed by atoms with van der Waals surface area (Å²) in [4.78, 5) is 25.6. The van der Waals surface area contributed by atoms with Crippen LogP contribution in [0.4, 0.5) is 0 Å². The second-order valence-corrected chi connectivity index (χ2v) is 9.11. The normalized spacial score (nSPS) is 21.4. The molecule has 2 unspecified atom stereocenters. The van der Waals surface area contributed by atoms with Gasteiger partial charge in [0.15, 0.2) is 5.78 Å². The minimum atomic E-state index is -0.489. The van der Waals surface area contributed by atoms with Crippen LogP contribution in [0, 0.1) is 16.7 Å². The number of carbonyl (C=O) groups excluding carboxylic acids is 2. The van der Waals surface area contributed by atoms with Crippen LogP contribution in [-0.2, 0) is 9.59 Å². The van der Waals surface area contributed by atoms with E-state index in [4.69, 9.17) is 4.74 Å². The van der Waals surface area contributed by atoms with Gasteiger partial charge in [-0.3, -0.25) is 9.59 Å². The molecule has 0 heterocycles. The topological polar surface area (TPSA) is 55.4 Å². The van der Waals surface area contributed by atoms with E-state index in [2.05, 4.69) is 5.32 Å². The first-order valence-electron chi connectivity index (χ1n) is 8.94. The summed E-state index contributed by atoms with van der Waals surface area (Å²) in [6.07, 6.45) is 0.798. The van der Waals surface area contributed by atoms with Crippen LogP contribution >= 0.6 is 0 Å². The van der Waals surface area contributed by atoms with Gasteiger partial charge in [0.2, 0.25) is 5.91 Å². The summed E-state index contributed by atoms with van der Waals surface area (Å²) in [6.45, 7) is 11.7. The molecule has 1 amide bonds. The third-order valence-electron chi connectivity index (χ3n) is 4.82. The number of methoxy groups -OCH3 is 1. The van der Waals surface area contributed by atoms with Gasteiger partial charge in [0, 0.05) is 11.3 Å². The standard InChI is InChI=1S/C21H31NO3/c1-20(2,3)17(18(23)21(4,5)6)22-19(24)15-12-14(15)13-10-8-9-11-16(13)25-7/h8-11,14-15,17H,12H2,1-7H3,(H,22,24)/t14-,15?,17?/m0/s1. The van der Waals surface area contributed by atoms with Crippen molar-refractivity contribution in [3.8, 4) is 5.75 Å². The quantitative estimate of drug-likeness (QED) is 0.879. The molecule has 0 bridgehead atoms. The number of hydrogen-bond acceptors (Lipinski definition) is 3. The Morgan fingerprint density at radius 1 is 1.12 bits per heavy atom. The minimum absolute atomic E-state index is 0.0339. The maximum atomic E-state index is 12.8. The molecule has 4 nitrogen and oxygen atoms in total. The van der Waals surface area contributed by atoms with Crippen molar-refractivity contribution in [2.75, 3.05) is 7.11 Å². The van der Waals surface area contributed by atoms with Gasteiger partial charge in [-0.1, -0.05) is 59.7 Å². The molecule has 1 aliphatic carbocycles. The van der Waals surface area contributed by atoms with E-state index in [0.29, 0.717) is 0 Å². The first kappa shape index (κ1) is 19.5. The predicted octanol–water partition coefficient (Wildman–Crippen LogP) is 3.94. The fourth-order valence-electron chi connectivity index (χ4n) is 3.16. The van der Waals surface area contributed by atoms with E-state index in [1.807, 2.05) is 65.8 Å². The van der Waals surface area contributed by atoms with Crippen molar-refractivity contribution in [1.29, 1.82) is 0 Å². The summed E-state index contributed by atoms with van der Waals surface area (Å²) in [6, 6.07) is 7.34. The van der Waals surface area contributed by atoms with E-state index in [0.717, 1.165) is 17.7 Å². The molecule has 4 heteroatoms. The zero-order valence-corrected chi connectivity index (χ0v) is 16.5. The number of para-hydroxylation sites is 1. The van der Waals surface area contributed by atoms with Crippen molar-refractivity contribution in [1.82, 2.24) is 5.32 Å². The van der Waals surface area contributed by atoms with Crippen molar-refractivity contribution in [2.45, 2.75) is 59.9 Å². The van der Waals surface area contributed by atoms with Crippen molar-refractivity contribution in [2.24, 2.45) is 16.7 Å². The van der Waals surface area contributed by atoms with Crippen LogP contribution in [0.5, 0.6) is 5.75 Å². The molecule has 0 saturated heterocycles. The largest absolute Gasteiger partial charge is 0.496 e. The first-order chi connectivity index (χ1) is 11.5. The van der Waals surface area contributed by atoms with Gasteiger partial charge < -0.3 is 10.1 Å². The molecule has 1 aliphatic rings. The number of benzene rings is 1. The van der Waals surface area contributed by atoms with E-state index >= 15 is 0 Å². The van der Waals surface area contributed by atoms with Gasteiger partial charge >= 0.3 is 0 Å². The highest BCUT2D eigenvalue weighted by molar-refractivity contribution is 5.94. The lowest BCUT2D eigenvalue weighted by molar-refractivity contribution is -0.135. The fourth-order valence-corrected chi connectivity index (χ4v) is 3.16. The Morgan fingerprint density at radius 2 is 1.72 bits per heavy atom. The monoisotopic (exact) mass is 345 g/mol. The van der Waals surface area contributed by atoms with Gasteiger partial charge in [0.25, 0.3) is 0 Å². The number of ether oxygens (including phenoxy) is 1. The molecular weight excluding hydrogens is 314 g/mol. The van der Waals surface area contributed by atoms with Gasteiger partial charge in [0.05, 0.1) is 13.2 Å². The molecule has 0 spiro atoms. The van der Waals surface area contributed by atoms with Crippen LogP contribution in [0.15, 0.2) is 24.3 Å². The van der Waals surface area contributed by atoms with Crippen LogP contribution in [0.1, 0.15) is 59.4 Å². The number of nitrogens with one attached hydrogen (secondary N) is 1. The first-order valence-corrected chi connectivity index (χ1v) is 8.94. The lowest BCUT2D eigenvalue weighted by atomic mass is 9.75. The molecule has 1 saturated carbocycles. The Balaban J connectivity index is 2.12. The molecule has 0 aliphatic heterocycles. The highest BCUT2D eigenvalue weighted by Crippen LogP contribution is 2.50. The van der Waals surface area contributed by atoms with Crippen LogP contribution < -0.4 is 10.1 Å². The Morgan fingerprint density at radius 3 is 2.24 bits per heavy atom. The minimum Gasteiger partial charge on any atom is -0.496 e. The number of carbonyl (C=O) groups is 2. The molecule has 25 heavy (non-hydrogen) atoms. The summed E-state index contributed by atoms with van der Waals surface area (Å²) in [5, 5.41) is 3.03. The van der Waals surface area contributed by atoms with Crippen molar-refractivity contribution in [3.63, 3.8) is 0 Å². The van der Waals surface area contributed by atoms with Crippen molar-refractivity contribution < 1.29 is 14.3 Å². The van der Waals surface area contributed by atoms with Gasteiger partial charge in [-0.25, -0.2) is 0 Å². The molecule has 0 radical (unpaired) electrons. The molecule has 1 aromatic rings. The van der Waals surface area contributed by atoms with E-state index in [1.54, 1.807) is 7.11 Å². The van der Waals surface area contributed by atoms with Crippen LogP contribution in [-0.4, -0.2) is 24.8 Å². The van der Waals surface area contributed by atoms with E-state index in [9.17, 15) is 9.59 Å². The summed E-state index contributed by atoms with van der Waals surface area (Å²) in [5.74, 6) is 0.938. The third-order valence-corrected chi connectivity index (χ3v) is 4.82. The smallest absolute Gasteiger partial charge is 0.224 e. The highest BCUT2D eigenvalue weighted by atomic mass is 16.5. The molecular formula is C21H31NO3. The zero-order valence-electron chi connectivity index (χ0n) is 16.5. The Bertz CT molecular complexity index is 652. The molecule has 3 atom stereocenters. The number of Topliss-reactive ketones (excluding diaryl/α,β-unsaturated/α-hetero) is 1. The average Bonchev–Trinajstić information content (AvgIpc) is 3.30. The lowest BCUT2D eigenvalue weighted by Crippen LogP contribution is -2.53. The van der Waals surface area contributed by atoms with Gasteiger partial charge in [-0.2, -0.15) is 0 Å². The summed E-state index contributed by atoms with van der Waals surface area (Å²) in [5.41, 5.74) is 0.255. The van der Waals surface area contributed by atoms with E-state index in [-0.39, 0.29) is 28.9 Å². The van der Waals surface area contributed by atoms with E-state index in [1.165, 1.54) is 0 Å². The number of hydrogen-bond donors (Lipinski definition) is 1. The van der Waals surface area contributed by atoms with Crippen molar-refractivity contribution >= 4 is 11.7 Å². The molecule has 138 valence electrons. The van der Waals surface area contributed by atoms with Crippen LogP contribution in [0.2, 0.25) is 0 Å². The SMILES string of the molecule is COc1ccccc1[C@@H]1CC1C(=O)NC(C(=O)C(C)(C)C)C(C)(C)C. The molecule has 2 rings (SSSR count). The fraction of sp³-hybridized carbons (Fsp3) is 0.619. The maximum absolute atomic E-state index is 12.8. The summed E-state index contributed by atoms with van der Waals surface area (Å²) in [7, 11) is 1.65. The lowest BCUT2D eigenvalue weighted by Gasteiger charge is -2.34. The second-order valence-electron chi connectivity index (χ2n) is 9.11. The van der Waals surface area contributed by atoms with Gasteiger partial charge in [-0.15, -0.1) is 0 Å². The Labute approximate surface area is 151 Å². The average molecular weight is 345 g/mol. The summed E-state index contributed by atoms with van der Waals surface area (Å²) >= 11 is 0. The third kappa shape index (κ3) is 4.42. The Hall–Kier alpha value is -1.84. The van der Waals surface area contributed by atoms with Crippen molar-refractivity contribution in [3.05, 3.63) is 29.8 Å². The zero-order chi connectivity index (χ0) is 19.0. The predicted molar refractivity (Wildman–Crippen MR) is 99.7 cm³/mol. The van der Waals surface area contributed by atoms with Gasteiger partial charge in [-0.05, 0) is 29.4 Å². The van der Waals surface area contributed by atoms with Gasteiger partial charge in [0.1, 0.15) is 5.75 Å². The number of rotatable bonds is 5. The molecule has 1 fully saturated rings. The van der Waals surface area contributed by atoms with E-state index < -0.39 is 11.5 Å². The van der Waals surface area contributed by atoms with Crippen LogP contribution in [0.25, 0.3) is 0 Å². The molecule has 0 aromatic heterocycles. The molecule has 1 N–H and O–H groups in total. The second kappa shape index (κ2) is 6.81. The maximum Gasteiger partial charge on any atom is 0.224 e. The highest BCUT2D eigenvalue weighted by Gasteiger charge is 2.47. The molecule has 1 aromatic carbocycles. The van der Waals surface area contributed by atoms with Crippen LogP contribution in [0.3, 0.4) is 0 Å². The summed E-state index contributed by atoms with van der Waals surface area (Å²) < 4.78 is 5.41. The Kier molecular flexibility index (Phi) is 5.31. The number of amides is 1.